The van der Waals surface area contributed by atoms with Crippen molar-refractivity contribution in [3.8, 4) is 5.75 Å². The van der Waals surface area contributed by atoms with Gasteiger partial charge in [0.1, 0.15) is 5.75 Å². The minimum atomic E-state index is -0.242. The summed E-state index contributed by atoms with van der Waals surface area (Å²) in [7, 11) is 3.20. The Hall–Kier alpha value is -3.08. The number of likely N-dealkylation sites (N-methyl/N-ethyl adjacent to an activating group) is 1. The van der Waals surface area contributed by atoms with Crippen LogP contribution in [0.3, 0.4) is 0 Å². The molecule has 0 atom stereocenters. The third kappa shape index (κ3) is 5.71. The van der Waals surface area contributed by atoms with E-state index in [0.29, 0.717) is 0 Å². The van der Waals surface area contributed by atoms with Crippen molar-refractivity contribution in [2.24, 2.45) is 0 Å². The highest BCUT2D eigenvalue weighted by Gasteiger charge is 2.13. The molecule has 2 rings (SSSR count). The van der Waals surface area contributed by atoms with E-state index in [1.165, 1.54) is 11.0 Å². The second kappa shape index (κ2) is 9.57. The van der Waals surface area contributed by atoms with Crippen LogP contribution in [0.25, 0.3) is 6.08 Å². The van der Waals surface area contributed by atoms with Gasteiger partial charge in [0.15, 0.2) is 0 Å². The molecular formula is C22H26N2O3. The van der Waals surface area contributed by atoms with Gasteiger partial charge >= 0.3 is 0 Å². The zero-order valence-corrected chi connectivity index (χ0v) is 16.3. The average molecular weight is 366 g/mol. The van der Waals surface area contributed by atoms with Crippen LogP contribution in [0.4, 0.5) is 5.69 Å². The lowest BCUT2D eigenvalue weighted by atomic mass is 10.1. The predicted octanol–water partition coefficient (Wildman–Crippen LogP) is 3.68. The van der Waals surface area contributed by atoms with Gasteiger partial charge in [0.05, 0.1) is 13.7 Å². The number of amides is 2. The van der Waals surface area contributed by atoms with E-state index in [0.717, 1.165) is 34.5 Å². The highest BCUT2D eigenvalue weighted by atomic mass is 16.5. The van der Waals surface area contributed by atoms with Gasteiger partial charge in [-0.1, -0.05) is 37.3 Å². The number of nitrogens with one attached hydrogen (secondary N) is 1. The molecule has 0 aliphatic heterocycles. The number of hydrogen-bond acceptors (Lipinski definition) is 3. The van der Waals surface area contributed by atoms with Gasteiger partial charge in [-0.15, -0.1) is 0 Å². The van der Waals surface area contributed by atoms with Crippen LogP contribution in [0.15, 0.2) is 48.5 Å². The first-order valence-electron chi connectivity index (χ1n) is 8.90. The Kier molecular flexibility index (Phi) is 7.17. The highest BCUT2D eigenvalue weighted by Crippen LogP contribution is 2.21. The molecule has 2 aromatic carbocycles. The molecule has 2 amide bonds. The Morgan fingerprint density at radius 1 is 1.19 bits per heavy atom. The molecule has 2 aromatic rings. The van der Waals surface area contributed by atoms with Gasteiger partial charge in [0.2, 0.25) is 11.8 Å². The van der Waals surface area contributed by atoms with Crippen LogP contribution in [0, 0.1) is 6.92 Å². The number of carbonyl (C=O) groups excluding carboxylic acids is 2. The number of ether oxygens (including phenoxy) is 1. The first kappa shape index (κ1) is 20.2. The molecule has 5 nitrogen and oxygen atoms in total. The van der Waals surface area contributed by atoms with Crippen LogP contribution in [0.2, 0.25) is 0 Å². The molecule has 1 N–H and O–H groups in total. The van der Waals surface area contributed by atoms with E-state index in [2.05, 4.69) is 5.32 Å². The van der Waals surface area contributed by atoms with Crippen molar-refractivity contribution in [2.45, 2.75) is 20.3 Å². The van der Waals surface area contributed by atoms with E-state index >= 15 is 0 Å². The number of nitrogens with zero attached hydrogens (tertiary/aromatic N) is 1. The quantitative estimate of drug-likeness (QED) is 0.761. The van der Waals surface area contributed by atoms with Crippen molar-refractivity contribution in [3.05, 3.63) is 65.2 Å². The lowest BCUT2D eigenvalue weighted by molar-refractivity contribution is -0.129. The van der Waals surface area contributed by atoms with E-state index in [9.17, 15) is 9.59 Å². The Balaban J connectivity index is 1.97. The van der Waals surface area contributed by atoms with Crippen LogP contribution in [0.1, 0.15) is 23.6 Å². The number of rotatable bonds is 7. The zero-order chi connectivity index (χ0) is 19.8. The molecule has 0 aliphatic rings. The number of hydrogen-bond donors (Lipinski definition) is 1. The van der Waals surface area contributed by atoms with Crippen molar-refractivity contribution < 1.29 is 14.3 Å². The fourth-order valence-electron chi connectivity index (χ4n) is 2.71. The first-order valence-corrected chi connectivity index (χ1v) is 8.90. The molecule has 27 heavy (non-hydrogen) atoms. The van der Waals surface area contributed by atoms with E-state index in [1.807, 2.05) is 56.3 Å². The molecule has 0 bridgehead atoms. The van der Waals surface area contributed by atoms with Gasteiger partial charge in [0.25, 0.3) is 0 Å². The van der Waals surface area contributed by atoms with E-state index in [4.69, 9.17) is 4.74 Å². The van der Waals surface area contributed by atoms with Crippen LogP contribution in [-0.4, -0.2) is 37.4 Å². The fraction of sp³-hybridized carbons (Fsp3) is 0.273. The summed E-state index contributed by atoms with van der Waals surface area (Å²) in [6.07, 6.45) is 3.98. The molecule has 0 heterocycles. The van der Waals surface area contributed by atoms with Crippen molar-refractivity contribution in [1.82, 2.24) is 4.90 Å². The third-order valence-corrected chi connectivity index (χ3v) is 4.27. The number of para-hydroxylation sites is 1. The van der Waals surface area contributed by atoms with Crippen LogP contribution >= 0.6 is 0 Å². The summed E-state index contributed by atoms with van der Waals surface area (Å²) in [5.41, 5.74) is 3.77. The monoisotopic (exact) mass is 366 g/mol. The molecule has 0 saturated carbocycles. The summed E-state index contributed by atoms with van der Waals surface area (Å²) in [6.45, 7) is 3.99. The smallest absolute Gasteiger partial charge is 0.246 e. The molecule has 0 saturated heterocycles. The number of carbonyl (C=O) groups is 2. The first-order chi connectivity index (χ1) is 12.9. The van der Waals surface area contributed by atoms with Gasteiger partial charge in [0, 0.05) is 18.8 Å². The fourth-order valence-corrected chi connectivity index (χ4v) is 2.71. The van der Waals surface area contributed by atoms with E-state index in [-0.39, 0.29) is 18.4 Å². The summed E-state index contributed by atoms with van der Waals surface area (Å²) in [4.78, 5) is 26.0. The molecule has 0 aliphatic carbocycles. The summed E-state index contributed by atoms with van der Waals surface area (Å²) < 4.78 is 5.16. The van der Waals surface area contributed by atoms with E-state index < -0.39 is 0 Å². The number of benzene rings is 2. The number of aryl methyl sites for hydroxylation is 2. The van der Waals surface area contributed by atoms with Gasteiger partial charge in [-0.2, -0.15) is 0 Å². The zero-order valence-electron chi connectivity index (χ0n) is 16.3. The van der Waals surface area contributed by atoms with E-state index in [1.54, 1.807) is 20.2 Å². The van der Waals surface area contributed by atoms with Crippen molar-refractivity contribution in [2.75, 3.05) is 26.0 Å². The summed E-state index contributed by atoms with van der Waals surface area (Å²) >= 11 is 0. The molecule has 0 radical (unpaired) electrons. The molecule has 142 valence electrons. The number of methoxy groups -OCH3 is 1. The third-order valence-electron chi connectivity index (χ3n) is 4.27. The maximum Gasteiger partial charge on any atom is 0.246 e. The molecular weight excluding hydrogens is 340 g/mol. The average Bonchev–Trinajstić information content (AvgIpc) is 2.67. The molecule has 0 spiro atoms. The minimum Gasteiger partial charge on any atom is -0.497 e. The predicted molar refractivity (Wildman–Crippen MR) is 109 cm³/mol. The van der Waals surface area contributed by atoms with Gasteiger partial charge in [-0.3, -0.25) is 9.59 Å². The van der Waals surface area contributed by atoms with Gasteiger partial charge in [-0.05, 0) is 48.2 Å². The Morgan fingerprint density at radius 3 is 2.63 bits per heavy atom. The largest absolute Gasteiger partial charge is 0.497 e. The summed E-state index contributed by atoms with van der Waals surface area (Å²) in [6, 6.07) is 13.3. The van der Waals surface area contributed by atoms with Crippen LogP contribution < -0.4 is 10.1 Å². The highest BCUT2D eigenvalue weighted by molar-refractivity contribution is 5.98. The topological polar surface area (TPSA) is 58.6 Å². The molecule has 0 aromatic heterocycles. The lowest BCUT2D eigenvalue weighted by Crippen LogP contribution is -2.34. The Labute approximate surface area is 160 Å². The second-order valence-corrected chi connectivity index (χ2v) is 6.32. The maximum atomic E-state index is 12.4. The number of anilines is 1. The summed E-state index contributed by atoms with van der Waals surface area (Å²) in [5, 5.41) is 2.93. The van der Waals surface area contributed by atoms with Gasteiger partial charge < -0.3 is 15.0 Å². The lowest BCUT2D eigenvalue weighted by Gasteiger charge is -2.17. The van der Waals surface area contributed by atoms with Crippen molar-refractivity contribution in [3.63, 3.8) is 0 Å². The van der Waals surface area contributed by atoms with Crippen LogP contribution in [-0.2, 0) is 16.0 Å². The molecule has 0 unspecified atom stereocenters. The molecule has 5 heteroatoms. The summed E-state index contributed by atoms with van der Waals surface area (Å²) in [5.74, 6) is 0.264. The second-order valence-electron chi connectivity index (χ2n) is 6.32. The SMILES string of the molecule is CCc1cccc(C)c1NC(=O)CN(C)C(=O)/C=C/c1cccc(OC)c1. The maximum absolute atomic E-state index is 12.4. The minimum absolute atomic E-state index is 0.0151. The van der Waals surface area contributed by atoms with Crippen molar-refractivity contribution in [1.29, 1.82) is 0 Å². The standard InChI is InChI=1S/C22H26N2O3/c1-5-18-10-6-8-16(2)22(18)23-20(25)15-24(3)21(26)13-12-17-9-7-11-19(14-17)27-4/h6-14H,5,15H2,1-4H3,(H,23,25)/b13-12+. The Bertz CT molecular complexity index is 843. The van der Waals surface area contributed by atoms with Crippen LogP contribution in [0.5, 0.6) is 5.75 Å². The molecule has 0 fully saturated rings. The van der Waals surface area contributed by atoms with Gasteiger partial charge in [-0.25, -0.2) is 0 Å². The Morgan fingerprint density at radius 2 is 1.93 bits per heavy atom. The van der Waals surface area contributed by atoms with Crippen molar-refractivity contribution >= 4 is 23.6 Å². The normalized spacial score (nSPS) is 10.7.